The van der Waals surface area contributed by atoms with Crippen LogP contribution in [-0.4, -0.2) is 35.5 Å². The zero-order valence-corrected chi connectivity index (χ0v) is 14.0. The van der Waals surface area contributed by atoms with Gasteiger partial charge in [-0.1, -0.05) is 37.3 Å². The Kier molecular flexibility index (Phi) is 7.03. The number of rotatable bonds is 6. The summed E-state index contributed by atoms with van der Waals surface area (Å²) in [6.07, 6.45) is -1.50. The second kappa shape index (κ2) is 8.53. The van der Waals surface area contributed by atoms with Gasteiger partial charge in [0.2, 0.25) is 0 Å². The summed E-state index contributed by atoms with van der Waals surface area (Å²) in [6.45, 7) is 6.72. The highest BCUT2D eigenvalue weighted by Gasteiger charge is 2.26. The molecule has 0 fully saturated rings. The molecule has 128 valence electrons. The van der Waals surface area contributed by atoms with E-state index in [2.05, 4.69) is 5.32 Å². The predicted octanol–water partition coefficient (Wildman–Crippen LogP) is 2.57. The highest BCUT2D eigenvalue weighted by molar-refractivity contribution is 5.69. The van der Waals surface area contributed by atoms with E-state index < -0.39 is 29.8 Å². The van der Waals surface area contributed by atoms with Crippen LogP contribution in [0, 0.1) is 0 Å². The molecule has 6 heteroatoms. The van der Waals surface area contributed by atoms with Crippen LogP contribution in [0.4, 0.5) is 4.79 Å². The highest BCUT2D eigenvalue weighted by Crippen LogP contribution is 2.18. The number of aliphatic hydroxyl groups excluding tert-OH is 1. The van der Waals surface area contributed by atoms with Crippen molar-refractivity contribution < 1.29 is 24.2 Å². The molecular formula is C17H25NO5. The van der Waals surface area contributed by atoms with Crippen LogP contribution in [0.3, 0.4) is 0 Å². The first-order chi connectivity index (χ1) is 10.7. The first-order valence-electron chi connectivity index (χ1n) is 7.61. The van der Waals surface area contributed by atoms with E-state index in [0.29, 0.717) is 5.56 Å². The second-order valence-corrected chi connectivity index (χ2v) is 6.14. The molecule has 0 unspecified atom stereocenters. The number of ether oxygens (including phenoxy) is 2. The maximum absolute atomic E-state index is 12.0. The Balaban J connectivity index is 2.81. The quantitative estimate of drug-likeness (QED) is 0.786. The third-order valence-electron chi connectivity index (χ3n) is 2.92. The Bertz CT molecular complexity index is 509. The topological polar surface area (TPSA) is 84.9 Å². The zero-order chi connectivity index (χ0) is 17.5. The molecule has 0 aliphatic carbocycles. The lowest BCUT2D eigenvalue weighted by atomic mass is 10.0. The first-order valence-corrected chi connectivity index (χ1v) is 7.61. The van der Waals surface area contributed by atoms with Gasteiger partial charge in [0.1, 0.15) is 18.3 Å². The lowest BCUT2D eigenvalue weighted by molar-refractivity contribution is -0.146. The molecule has 0 heterocycles. The van der Waals surface area contributed by atoms with Crippen LogP contribution in [-0.2, 0) is 14.3 Å². The number of hydrogen-bond donors (Lipinski definition) is 2. The Morgan fingerprint density at radius 1 is 1.22 bits per heavy atom. The van der Waals surface area contributed by atoms with Gasteiger partial charge >= 0.3 is 12.1 Å². The van der Waals surface area contributed by atoms with E-state index in [1.165, 1.54) is 0 Å². The minimum Gasteiger partial charge on any atom is -0.463 e. The first kappa shape index (κ1) is 19.0. The molecule has 0 spiro atoms. The molecule has 0 saturated heterocycles. The molecule has 1 rings (SSSR count). The van der Waals surface area contributed by atoms with Gasteiger partial charge < -0.3 is 19.9 Å². The molecule has 0 aromatic heterocycles. The van der Waals surface area contributed by atoms with E-state index in [-0.39, 0.29) is 13.0 Å². The Hall–Kier alpha value is -2.08. The third-order valence-corrected chi connectivity index (χ3v) is 2.92. The van der Waals surface area contributed by atoms with Crippen LogP contribution < -0.4 is 5.32 Å². The van der Waals surface area contributed by atoms with E-state index in [9.17, 15) is 14.7 Å². The van der Waals surface area contributed by atoms with E-state index in [0.717, 1.165) is 0 Å². The lowest BCUT2D eigenvalue weighted by Crippen LogP contribution is -2.41. The summed E-state index contributed by atoms with van der Waals surface area (Å²) < 4.78 is 10.2. The van der Waals surface area contributed by atoms with Crippen LogP contribution in [0.25, 0.3) is 0 Å². The third kappa shape index (κ3) is 7.15. The van der Waals surface area contributed by atoms with Crippen LogP contribution in [0.15, 0.2) is 30.3 Å². The standard InChI is InChI=1S/C17H25NO5/c1-5-14(20)22-11-13(19)15(12-9-7-6-8-10-12)18-16(21)23-17(2,3)4/h6-10,13,15,19H,5,11H2,1-4H3,(H,18,21)/t13-,15-/m0/s1. The molecule has 1 aromatic carbocycles. The fourth-order valence-electron chi connectivity index (χ4n) is 1.87. The fraction of sp³-hybridized carbons (Fsp3) is 0.529. The summed E-state index contributed by atoms with van der Waals surface area (Å²) in [5.74, 6) is -0.409. The Morgan fingerprint density at radius 3 is 2.35 bits per heavy atom. The van der Waals surface area contributed by atoms with Crippen molar-refractivity contribution in [2.45, 2.75) is 51.9 Å². The van der Waals surface area contributed by atoms with Crippen molar-refractivity contribution in [1.82, 2.24) is 5.32 Å². The number of benzene rings is 1. The van der Waals surface area contributed by atoms with E-state index >= 15 is 0 Å². The second-order valence-electron chi connectivity index (χ2n) is 6.14. The van der Waals surface area contributed by atoms with Gasteiger partial charge in [-0.15, -0.1) is 0 Å². The summed E-state index contributed by atoms with van der Waals surface area (Å²) in [4.78, 5) is 23.2. The number of nitrogens with one attached hydrogen (secondary N) is 1. The Morgan fingerprint density at radius 2 is 1.83 bits per heavy atom. The number of carbonyl (C=O) groups is 2. The number of esters is 1. The minimum atomic E-state index is -1.08. The van der Waals surface area contributed by atoms with Gasteiger partial charge in [-0.3, -0.25) is 4.79 Å². The van der Waals surface area contributed by atoms with Crippen molar-refractivity contribution in [1.29, 1.82) is 0 Å². The summed E-state index contributed by atoms with van der Waals surface area (Å²) in [5.41, 5.74) is 0.0451. The van der Waals surface area contributed by atoms with Crippen LogP contribution in [0.5, 0.6) is 0 Å². The number of aliphatic hydroxyl groups is 1. The van der Waals surface area contributed by atoms with Crippen LogP contribution in [0.2, 0.25) is 0 Å². The largest absolute Gasteiger partial charge is 0.463 e. The van der Waals surface area contributed by atoms with Crippen molar-refractivity contribution in [2.75, 3.05) is 6.61 Å². The molecular weight excluding hydrogens is 298 g/mol. The van der Waals surface area contributed by atoms with Gasteiger partial charge in [0.25, 0.3) is 0 Å². The number of carbonyl (C=O) groups excluding carboxylic acids is 2. The van der Waals surface area contributed by atoms with Gasteiger partial charge in [-0.2, -0.15) is 0 Å². The minimum absolute atomic E-state index is 0.206. The van der Waals surface area contributed by atoms with Crippen molar-refractivity contribution in [3.63, 3.8) is 0 Å². The summed E-state index contributed by atoms with van der Waals surface area (Å²) >= 11 is 0. The predicted molar refractivity (Wildman–Crippen MR) is 85.8 cm³/mol. The van der Waals surface area contributed by atoms with E-state index in [1.807, 2.05) is 6.07 Å². The molecule has 0 radical (unpaired) electrons. The molecule has 0 aliphatic rings. The molecule has 1 aromatic rings. The molecule has 0 saturated carbocycles. The van der Waals surface area contributed by atoms with Gasteiger partial charge in [-0.05, 0) is 26.3 Å². The number of hydrogen-bond acceptors (Lipinski definition) is 5. The van der Waals surface area contributed by atoms with Crippen molar-refractivity contribution >= 4 is 12.1 Å². The van der Waals surface area contributed by atoms with E-state index in [4.69, 9.17) is 9.47 Å². The van der Waals surface area contributed by atoms with Crippen molar-refractivity contribution in [2.24, 2.45) is 0 Å². The molecule has 2 N–H and O–H groups in total. The average Bonchev–Trinajstić information content (AvgIpc) is 2.49. The molecule has 6 nitrogen and oxygen atoms in total. The van der Waals surface area contributed by atoms with Gasteiger partial charge in [0, 0.05) is 6.42 Å². The van der Waals surface area contributed by atoms with Gasteiger partial charge in [0.15, 0.2) is 0 Å². The summed E-state index contributed by atoms with van der Waals surface area (Å²) in [6, 6.07) is 8.22. The Labute approximate surface area is 136 Å². The van der Waals surface area contributed by atoms with Crippen molar-refractivity contribution in [3.8, 4) is 0 Å². The monoisotopic (exact) mass is 323 g/mol. The SMILES string of the molecule is CCC(=O)OC[C@H](O)[C@@H](NC(=O)OC(C)(C)C)c1ccccc1. The summed E-state index contributed by atoms with van der Waals surface area (Å²) in [7, 11) is 0. The molecule has 0 bridgehead atoms. The lowest BCUT2D eigenvalue weighted by Gasteiger charge is -2.26. The smallest absolute Gasteiger partial charge is 0.408 e. The molecule has 23 heavy (non-hydrogen) atoms. The van der Waals surface area contributed by atoms with Crippen LogP contribution >= 0.6 is 0 Å². The van der Waals surface area contributed by atoms with Gasteiger partial charge in [0.05, 0.1) is 6.04 Å². The average molecular weight is 323 g/mol. The zero-order valence-electron chi connectivity index (χ0n) is 14.0. The number of amides is 1. The number of alkyl carbamates (subject to hydrolysis) is 1. The summed E-state index contributed by atoms with van der Waals surface area (Å²) in [5, 5.41) is 12.9. The van der Waals surface area contributed by atoms with E-state index in [1.54, 1.807) is 52.0 Å². The normalized spacial score (nSPS) is 13.8. The molecule has 0 aliphatic heterocycles. The van der Waals surface area contributed by atoms with Crippen LogP contribution in [0.1, 0.15) is 45.7 Å². The highest BCUT2D eigenvalue weighted by atomic mass is 16.6. The fourth-order valence-corrected chi connectivity index (χ4v) is 1.87. The van der Waals surface area contributed by atoms with Gasteiger partial charge in [-0.25, -0.2) is 4.79 Å². The maximum Gasteiger partial charge on any atom is 0.408 e. The molecule has 2 atom stereocenters. The maximum atomic E-state index is 12.0. The van der Waals surface area contributed by atoms with Crippen molar-refractivity contribution in [3.05, 3.63) is 35.9 Å². The molecule has 1 amide bonds.